The Morgan fingerprint density at radius 2 is 2.06 bits per heavy atom. The summed E-state index contributed by atoms with van der Waals surface area (Å²) in [5.41, 5.74) is 3.46. The Balaban J connectivity index is 2.33. The van der Waals surface area contributed by atoms with Crippen LogP contribution in [0.4, 0.5) is 0 Å². The molecule has 0 aliphatic heterocycles. The van der Waals surface area contributed by atoms with Crippen molar-refractivity contribution in [1.82, 2.24) is 4.98 Å². The SMILES string of the molecule is C[C@@H](CC#N)c1cccc(-c2cccnc2)c1. The smallest absolute Gasteiger partial charge is 0.0628 e. The molecular formula is C15H14N2. The van der Waals surface area contributed by atoms with Crippen molar-refractivity contribution < 1.29 is 0 Å². The van der Waals surface area contributed by atoms with Crippen molar-refractivity contribution >= 4 is 0 Å². The average Bonchev–Trinajstić information content (AvgIpc) is 2.40. The molecule has 0 aliphatic rings. The molecule has 2 rings (SSSR count). The molecule has 2 heteroatoms. The minimum absolute atomic E-state index is 0.275. The first-order chi connectivity index (χ1) is 8.31. The first-order valence-electron chi connectivity index (χ1n) is 5.68. The largest absolute Gasteiger partial charge is 0.264 e. The Morgan fingerprint density at radius 3 is 2.76 bits per heavy atom. The molecule has 2 aromatic rings. The minimum atomic E-state index is 0.275. The first-order valence-corrected chi connectivity index (χ1v) is 5.68. The Hall–Kier alpha value is -2.14. The minimum Gasteiger partial charge on any atom is -0.264 e. The van der Waals surface area contributed by atoms with Gasteiger partial charge < -0.3 is 0 Å². The van der Waals surface area contributed by atoms with E-state index in [4.69, 9.17) is 5.26 Å². The quantitative estimate of drug-likeness (QED) is 0.792. The van der Waals surface area contributed by atoms with Crippen molar-refractivity contribution in [3.8, 4) is 17.2 Å². The van der Waals surface area contributed by atoms with E-state index in [1.54, 1.807) is 6.20 Å². The number of aromatic nitrogens is 1. The van der Waals surface area contributed by atoms with Crippen LogP contribution in [0.5, 0.6) is 0 Å². The highest BCUT2D eigenvalue weighted by atomic mass is 14.6. The second-order valence-corrected chi connectivity index (χ2v) is 4.13. The van der Waals surface area contributed by atoms with Crippen LogP contribution < -0.4 is 0 Å². The molecule has 84 valence electrons. The van der Waals surface area contributed by atoms with Gasteiger partial charge in [0.1, 0.15) is 0 Å². The van der Waals surface area contributed by atoms with Crippen LogP contribution in [0.15, 0.2) is 48.8 Å². The van der Waals surface area contributed by atoms with Gasteiger partial charge in [-0.3, -0.25) is 4.98 Å². The van der Waals surface area contributed by atoms with Crippen LogP contribution in [0.2, 0.25) is 0 Å². The Bertz CT molecular complexity index is 526. The second kappa shape index (κ2) is 5.27. The van der Waals surface area contributed by atoms with Gasteiger partial charge >= 0.3 is 0 Å². The van der Waals surface area contributed by atoms with Gasteiger partial charge in [-0.15, -0.1) is 0 Å². The number of nitrogens with zero attached hydrogens (tertiary/aromatic N) is 2. The van der Waals surface area contributed by atoms with E-state index in [-0.39, 0.29) is 5.92 Å². The summed E-state index contributed by atoms with van der Waals surface area (Å²) in [6, 6.07) is 14.5. The molecule has 1 heterocycles. The molecule has 0 amide bonds. The van der Waals surface area contributed by atoms with Gasteiger partial charge in [-0.05, 0) is 28.7 Å². The van der Waals surface area contributed by atoms with Gasteiger partial charge in [-0.2, -0.15) is 5.26 Å². The lowest BCUT2D eigenvalue weighted by molar-refractivity contribution is 0.789. The van der Waals surface area contributed by atoms with Gasteiger partial charge in [0, 0.05) is 18.8 Å². The zero-order valence-electron chi connectivity index (χ0n) is 9.80. The van der Waals surface area contributed by atoms with Crippen molar-refractivity contribution in [3.63, 3.8) is 0 Å². The van der Waals surface area contributed by atoms with E-state index in [0.29, 0.717) is 6.42 Å². The summed E-state index contributed by atoms with van der Waals surface area (Å²) in [6.45, 7) is 2.07. The lowest BCUT2D eigenvalue weighted by Gasteiger charge is -2.09. The third-order valence-electron chi connectivity index (χ3n) is 2.85. The fourth-order valence-corrected chi connectivity index (χ4v) is 1.81. The molecule has 2 nitrogen and oxygen atoms in total. The topological polar surface area (TPSA) is 36.7 Å². The third-order valence-corrected chi connectivity index (χ3v) is 2.85. The second-order valence-electron chi connectivity index (χ2n) is 4.13. The van der Waals surface area contributed by atoms with Crippen LogP contribution in [0.25, 0.3) is 11.1 Å². The molecule has 0 unspecified atom stereocenters. The molecule has 1 atom stereocenters. The molecule has 0 N–H and O–H groups in total. The predicted octanol–water partition coefficient (Wildman–Crippen LogP) is 3.77. The highest BCUT2D eigenvalue weighted by molar-refractivity contribution is 5.63. The zero-order valence-corrected chi connectivity index (χ0v) is 9.80. The molecule has 0 saturated heterocycles. The van der Waals surface area contributed by atoms with Gasteiger partial charge in [0.2, 0.25) is 0 Å². The molecule has 1 aromatic carbocycles. The molecular weight excluding hydrogens is 208 g/mol. The molecule has 0 fully saturated rings. The molecule has 0 aliphatic carbocycles. The highest BCUT2D eigenvalue weighted by Gasteiger charge is 2.06. The Labute approximate surface area is 102 Å². The van der Waals surface area contributed by atoms with Crippen molar-refractivity contribution in [3.05, 3.63) is 54.4 Å². The summed E-state index contributed by atoms with van der Waals surface area (Å²) in [5, 5.41) is 8.72. The fraction of sp³-hybridized carbons (Fsp3) is 0.200. The summed E-state index contributed by atoms with van der Waals surface area (Å²) in [5.74, 6) is 0.275. The zero-order chi connectivity index (χ0) is 12.1. The number of benzene rings is 1. The standard InChI is InChI=1S/C15H14N2/c1-12(7-8-16)13-4-2-5-14(10-13)15-6-3-9-17-11-15/h2-6,9-12H,7H2,1H3/t12-/m0/s1. The van der Waals surface area contributed by atoms with Crippen molar-refractivity contribution in [1.29, 1.82) is 5.26 Å². The van der Waals surface area contributed by atoms with Crippen LogP contribution in [0.1, 0.15) is 24.8 Å². The van der Waals surface area contributed by atoms with Crippen LogP contribution in [0, 0.1) is 11.3 Å². The number of nitriles is 1. The van der Waals surface area contributed by atoms with Gasteiger partial charge in [0.25, 0.3) is 0 Å². The molecule has 0 saturated carbocycles. The lowest BCUT2D eigenvalue weighted by atomic mass is 9.95. The van der Waals surface area contributed by atoms with E-state index in [1.807, 2.05) is 24.4 Å². The normalized spacial score (nSPS) is 11.8. The van der Waals surface area contributed by atoms with Crippen molar-refractivity contribution in [2.45, 2.75) is 19.3 Å². The number of rotatable bonds is 3. The Kier molecular flexibility index (Phi) is 3.52. The van der Waals surface area contributed by atoms with Gasteiger partial charge in [-0.25, -0.2) is 0 Å². The van der Waals surface area contributed by atoms with Gasteiger partial charge in [0.05, 0.1) is 6.07 Å². The lowest BCUT2D eigenvalue weighted by Crippen LogP contribution is -1.92. The van der Waals surface area contributed by atoms with Crippen molar-refractivity contribution in [2.75, 3.05) is 0 Å². The number of pyridine rings is 1. The summed E-state index contributed by atoms with van der Waals surface area (Å²) in [7, 11) is 0. The van der Waals surface area contributed by atoms with E-state index in [1.165, 1.54) is 5.56 Å². The maximum absolute atomic E-state index is 8.72. The monoisotopic (exact) mass is 222 g/mol. The molecule has 0 radical (unpaired) electrons. The van der Waals surface area contributed by atoms with Crippen LogP contribution in [-0.2, 0) is 0 Å². The van der Waals surface area contributed by atoms with Gasteiger partial charge in [-0.1, -0.05) is 37.3 Å². The predicted molar refractivity (Wildman–Crippen MR) is 68.3 cm³/mol. The number of hydrogen-bond donors (Lipinski definition) is 0. The summed E-state index contributed by atoms with van der Waals surface area (Å²) < 4.78 is 0. The summed E-state index contributed by atoms with van der Waals surface area (Å²) in [4.78, 5) is 4.12. The number of hydrogen-bond acceptors (Lipinski definition) is 2. The molecule has 1 aromatic heterocycles. The molecule has 0 spiro atoms. The highest BCUT2D eigenvalue weighted by Crippen LogP contribution is 2.24. The van der Waals surface area contributed by atoms with E-state index < -0.39 is 0 Å². The van der Waals surface area contributed by atoms with E-state index in [2.05, 4.69) is 36.2 Å². The third kappa shape index (κ3) is 2.70. The van der Waals surface area contributed by atoms with Gasteiger partial charge in [0.15, 0.2) is 0 Å². The first kappa shape index (κ1) is 11.3. The molecule has 0 bridgehead atoms. The summed E-state index contributed by atoms with van der Waals surface area (Å²) in [6.07, 6.45) is 4.18. The van der Waals surface area contributed by atoms with Crippen LogP contribution >= 0.6 is 0 Å². The molecule has 17 heavy (non-hydrogen) atoms. The van der Waals surface area contributed by atoms with E-state index in [0.717, 1.165) is 11.1 Å². The van der Waals surface area contributed by atoms with E-state index in [9.17, 15) is 0 Å². The van der Waals surface area contributed by atoms with Crippen molar-refractivity contribution in [2.24, 2.45) is 0 Å². The van der Waals surface area contributed by atoms with Crippen LogP contribution in [0.3, 0.4) is 0 Å². The maximum Gasteiger partial charge on any atom is 0.0628 e. The average molecular weight is 222 g/mol. The fourth-order valence-electron chi connectivity index (χ4n) is 1.81. The summed E-state index contributed by atoms with van der Waals surface area (Å²) >= 11 is 0. The van der Waals surface area contributed by atoms with Crippen LogP contribution in [-0.4, -0.2) is 4.98 Å². The van der Waals surface area contributed by atoms with E-state index >= 15 is 0 Å². The Morgan fingerprint density at radius 1 is 1.24 bits per heavy atom. The maximum atomic E-state index is 8.72.